The van der Waals surface area contributed by atoms with Crippen LogP contribution in [0.15, 0.2) is 0 Å². The minimum absolute atomic E-state index is 0.0596. The Hall–Kier alpha value is -1.08. The SMILES string of the molecule is O=C(OC(CS(=O)(=O)[O-])(C(F)(F)F)C(F)(F)F)C1CCC2OC2C1. The van der Waals surface area contributed by atoms with Gasteiger partial charge in [-0.15, -0.1) is 0 Å². The quantitative estimate of drug-likeness (QED) is 0.315. The predicted molar refractivity (Wildman–Crippen MR) is 61.5 cm³/mol. The van der Waals surface area contributed by atoms with Crippen molar-refractivity contribution in [2.75, 3.05) is 5.75 Å². The number of hydrogen-bond donors (Lipinski definition) is 0. The van der Waals surface area contributed by atoms with Crippen LogP contribution in [0.3, 0.4) is 0 Å². The van der Waals surface area contributed by atoms with Gasteiger partial charge in [0, 0.05) is 0 Å². The lowest BCUT2D eigenvalue weighted by molar-refractivity contribution is -0.362. The van der Waals surface area contributed by atoms with E-state index in [4.69, 9.17) is 4.74 Å². The Morgan fingerprint density at radius 2 is 1.62 bits per heavy atom. The summed E-state index contributed by atoms with van der Waals surface area (Å²) in [5.41, 5.74) is -5.40. The molecule has 3 unspecified atom stereocenters. The molecule has 1 saturated carbocycles. The van der Waals surface area contributed by atoms with Crippen molar-refractivity contribution in [2.45, 2.75) is 49.4 Å². The van der Waals surface area contributed by atoms with Crippen molar-refractivity contribution < 1.29 is 53.6 Å². The molecule has 1 heterocycles. The maximum atomic E-state index is 13.0. The molecule has 2 fully saturated rings. The van der Waals surface area contributed by atoms with E-state index < -0.39 is 51.8 Å². The van der Waals surface area contributed by atoms with Crippen LogP contribution >= 0.6 is 0 Å². The van der Waals surface area contributed by atoms with Crippen LogP contribution in [0.25, 0.3) is 0 Å². The first-order chi connectivity index (χ1) is 10.7. The number of alkyl halides is 6. The number of ether oxygens (including phenoxy) is 2. The van der Waals surface area contributed by atoms with Gasteiger partial charge in [0.15, 0.2) is 0 Å². The average molecular weight is 385 g/mol. The minimum atomic E-state index is -6.34. The van der Waals surface area contributed by atoms with Crippen molar-refractivity contribution in [1.82, 2.24) is 0 Å². The van der Waals surface area contributed by atoms with Gasteiger partial charge in [0.1, 0.15) is 0 Å². The molecule has 0 aromatic rings. The molecule has 1 aliphatic heterocycles. The van der Waals surface area contributed by atoms with Crippen LogP contribution in [0.1, 0.15) is 19.3 Å². The fourth-order valence-corrected chi connectivity index (χ4v) is 3.48. The molecule has 6 nitrogen and oxygen atoms in total. The van der Waals surface area contributed by atoms with E-state index in [1.165, 1.54) is 0 Å². The zero-order valence-electron chi connectivity index (χ0n) is 11.7. The second-order valence-corrected chi connectivity index (χ2v) is 7.07. The van der Waals surface area contributed by atoms with E-state index in [0.29, 0.717) is 0 Å². The molecule has 13 heteroatoms. The molecule has 3 atom stereocenters. The number of esters is 1. The Bertz CT molecular complexity index is 597. The van der Waals surface area contributed by atoms with Crippen LogP contribution in [-0.4, -0.2) is 54.9 Å². The van der Waals surface area contributed by atoms with Crippen molar-refractivity contribution >= 4 is 16.1 Å². The summed E-state index contributed by atoms with van der Waals surface area (Å²) in [4.78, 5) is 11.8. The molecule has 0 amide bonds. The van der Waals surface area contributed by atoms with Crippen molar-refractivity contribution in [1.29, 1.82) is 0 Å². The van der Waals surface area contributed by atoms with E-state index in [0.717, 1.165) is 0 Å². The third kappa shape index (κ3) is 3.77. The summed E-state index contributed by atoms with van der Waals surface area (Å²) in [5, 5.41) is 0. The van der Waals surface area contributed by atoms with Crippen molar-refractivity contribution in [3.8, 4) is 0 Å². The van der Waals surface area contributed by atoms with Crippen molar-refractivity contribution in [2.24, 2.45) is 5.92 Å². The van der Waals surface area contributed by atoms with E-state index in [-0.39, 0.29) is 25.4 Å². The highest BCUT2D eigenvalue weighted by molar-refractivity contribution is 7.85. The van der Waals surface area contributed by atoms with Crippen LogP contribution in [0.2, 0.25) is 0 Å². The monoisotopic (exact) mass is 385 g/mol. The lowest BCUT2D eigenvalue weighted by Gasteiger charge is -2.37. The first-order valence-electron chi connectivity index (χ1n) is 6.61. The third-order valence-electron chi connectivity index (χ3n) is 3.91. The molecule has 1 aliphatic carbocycles. The van der Waals surface area contributed by atoms with Crippen LogP contribution in [0.4, 0.5) is 26.3 Å². The highest BCUT2D eigenvalue weighted by atomic mass is 32.2. The summed E-state index contributed by atoms with van der Waals surface area (Å²) in [6, 6.07) is 0. The number of hydrogen-bond acceptors (Lipinski definition) is 6. The zero-order valence-corrected chi connectivity index (χ0v) is 12.5. The maximum absolute atomic E-state index is 13.0. The molecular formula is C11H11F6O6S-. The number of carbonyl (C=O) groups excluding carboxylic acids is 1. The number of fused-ring (bicyclic) bond motifs is 1. The molecular weight excluding hydrogens is 374 g/mol. The molecule has 1 saturated heterocycles. The topological polar surface area (TPSA) is 96.0 Å². The lowest BCUT2D eigenvalue weighted by atomic mass is 9.89. The van der Waals surface area contributed by atoms with Gasteiger partial charge in [0.05, 0.1) is 34.0 Å². The number of carbonyl (C=O) groups is 1. The summed E-state index contributed by atoms with van der Waals surface area (Å²) < 4.78 is 118. The van der Waals surface area contributed by atoms with Crippen LogP contribution in [0, 0.1) is 5.92 Å². The Labute approximate surface area is 131 Å². The molecule has 0 spiro atoms. The van der Waals surface area contributed by atoms with Gasteiger partial charge in [-0.3, -0.25) is 4.79 Å². The standard InChI is InChI=1S/C11H12F6O6S/c12-10(13,14)9(11(15,16)17,4-24(19,20)21)23-8(18)5-1-2-6-7(3-5)22-6/h5-7H,1-4H2,(H,19,20,21)/p-1. The number of halogens is 6. The van der Waals surface area contributed by atoms with E-state index in [2.05, 4.69) is 4.74 Å². The fraction of sp³-hybridized carbons (Fsp3) is 0.909. The summed E-state index contributed by atoms with van der Waals surface area (Å²) in [7, 11) is -6.02. The first-order valence-corrected chi connectivity index (χ1v) is 8.19. The van der Waals surface area contributed by atoms with E-state index in [9.17, 15) is 44.1 Å². The maximum Gasteiger partial charge on any atom is 0.438 e. The third-order valence-corrected chi connectivity index (χ3v) is 4.67. The predicted octanol–water partition coefficient (Wildman–Crippen LogP) is 1.51. The minimum Gasteiger partial charge on any atom is -0.748 e. The highest BCUT2D eigenvalue weighted by Gasteiger charge is 2.75. The summed E-state index contributed by atoms with van der Waals surface area (Å²) >= 11 is 0. The fourth-order valence-electron chi connectivity index (χ4n) is 2.59. The molecule has 2 aliphatic rings. The normalized spacial score (nSPS) is 28.2. The Kier molecular flexibility index (Phi) is 4.59. The van der Waals surface area contributed by atoms with Crippen molar-refractivity contribution in [3.63, 3.8) is 0 Å². The Balaban J connectivity index is 2.32. The van der Waals surface area contributed by atoms with E-state index in [1.54, 1.807) is 0 Å². The van der Waals surface area contributed by atoms with Gasteiger partial charge < -0.3 is 14.0 Å². The lowest BCUT2D eigenvalue weighted by Crippen LogP contribution is -2.64. The Morgan fingerprint density at radius 1 is 1.08 bits per heavy atom. The van der Waals surface area contributed by atoms with Crippen molar-refractivity contribution in [3.05, 3.63) is 0 Å². The molecule has 0 aromatic heterocycles. The number of rotatable bonds is 4. The molecule has 0 bridgehead atoms. The average Bonchev–Trinajstić information content (AvgIpc) is 3.11. The molecule has 0 radical (unpaired) electrons. The van der Waals surface area contributed by atoms with Gasteiger partial charge in [-0.1, -0.05) is 0 Å². The van der Waals surface area contributed by atoms with E-state index in [1.807, 2.05) is 0 Å². The number of epoxide rings is 1. The molecule has 0 N–H and O–H groups in total. The van der Waals surface area contributed by atoms with E-state index >= 15 is 0 Å². The molecule has 24 heavy (non-hydrogen) atoms. The van der Waals surface area contributed by atoms with Gasteiger partial charge in [-0.05, 0) is 19.3 Å². The van der Waals surface area contributed by atoms with Gasteiger partial charge >= 0.3 is 23.9 Å². The van der Waals surface area contributed by atoms with Gasteiger partial charge in [0.25, 0.3) is 0 Å². The van der Waals surface area contributed by atoms with Gasteiger partial charge in [0.2, 0.25) is 0 Å². The Morgan fingerprint density at radius 3 is 2.04 bits per heavy atom. The zero-order chi connectivity index (χ0) is 18.6. The summed E-state index contributed by atoms with van der Waals surface area (Å²) in [6.45, 7) is 0. The first kappa shape index (κ1) is 19.2. The van der Waals surface area contributed by atoms with Gasteiger partial charge in [-0.25, -0.2) is 8.42 Å². The highest BCUT2D eigenvalue weighted by Crippen LogP contribution is 2.48. The summed E-state index contributed by atoms with van der Waals surface area (Å²) in [5.74, 6) is -6.14. The van der Waals surface area contributed by atoms with Crippen LogP contribution < -0.4 is 0 Å². The molecule has 140 valence electrons. The smallest absolute Gasteiger partial charge is 0.438 e. The second kappa shape index (κ2) is 5.73. The second-order valence-electron chi connectivity index (χ2n) is 5.67. The van der Waals surface area contributed by atoms with Crippen LogP contribution in [-0.2, 0) is 24.4 Å². The summed E-state index contributed by atoms with van der Waals surface area (Å²) in [6.07, 6.45) is -13.2. The molecule has 2 rings (SSSR count). The largest absolute Gasteiger partial charge is 0.748 e. The van der Waals surface area contributed by atoms with Gasteiger partial charge in [-0.2, -0.15) is 26.3 Å². The van der Waals surface area contributed by atoms with Crippen LogP contribution in [0.5, 0.6) is 0 Å². The molecule has 0 aromatic carbocycles.